The van der Waals surface area contributed by atoms with Gasteiger partial charge in [0.1, 0.15) is 5.69 Å². The standard InChI is InChI=1S/C19H14N4O7S2/c1-11-10-31-19(20-11)32-16-7-6-12(22(26)27)8-13(16)18(25)30-9-17(24)21-14-4-2-3-5-15(14)23(28)29/h2-8,10H,9H2,1H3,(H,21,24). The molecule has 2 aromatic carbocycles. The number of nitro groups is 2. The monoisotopic (exact) mass is 474 g/mol. The van der Waals surface area contributed by atoms with E-state index in [1.807, 2.05) is 5.38 Å². The Hall–Kier alpha value is -3.84. The Bertz CT molecular complexity index is 1210. The number of para-hydroxylation sites is 2. The molecule has 0 fully saturated rings. The van der Waals surface area contributed by atoms with E-state index in [1.165, 1.54) is 47.7 Å². The first-order chi connectivity index (χ1) is 15.2. The van der Waals surface area contributed by atoms with Gasteiger partial charge in [0, 0.05) is 34.2 Å². The number of aromatic nitrogens is 1. The smallest absolute Gasteiger partial charge is 0.340 e. The van der Waals surface area contributed by atoms with Crippen LogP contribution in [-0.4, -0.2) is 33.3 Å². The van der Waals surface area contributed by atoms with Gasteiger partial charge in [-0.1, -0.05) is 23.9 Å². The Morgan fingerprint density at radius 1 is 1.16 bits per heavy atom. The van der Waals surface area contributed by atoms with Crippen molar-refractivity contribution >= 4 is 52.0 Å². The second kappa shape index (κ2) is 9.98. The number of nitrogens with zero attached hydrogens (tertiary/aromatic N) is 3. The predicted octanol–water partition coefficient (Wildman–Crippen LogP) is 4.21. The fourth-order valence-corrected chi connectivity index (χ4v) is 4.38. The van der Waals surface area contributed by atoms with Gasteiger partial charge in [-0.2, -0.15) is 0 Å². The van der Waals surface area contributed by atoms with Crippen molar-refractivity contribution in [1.29, 1.82) is 0 Å². The number of ether oxygens (including phenoxy) is 1. The average Bonchev–Trinajstić information content (AvgIpc) is 3.17. The molecular formula is C19H14N4O7S2. The molecule has 32 heavy (non-hydrogen) atoms. The number of aryl methyl sites for hydroxylation is 1. The van der Waals surface area contributed by atoms with Crippen molar-refractivity contribution in [1.82, 2.24) is 4.98 Å². The number of rotatable bonds is 8. The Morgan fingerprint density at radius 3 is 2.56 bits per heavy atom. The maximum Gasteiger partial charge on any atom is 0.340 e. The summed E-state index contributed by atoms with van der Waals surface area (Å²) in [6.07, 6.45) is 0. The van der Waals surface area contributed by atoms with Crippen LogP contribution in [0.3, 0.4) is 0 Å². The van der Waals surface area contributed by atoms with E-state index in [0.29, 0.717) is 9.24 Å². The van der Waals surface area contributed by atoms with E-state index >= 15 is 0 Å². The molecule has 13 heteroatoms. The highest BCUT2D eigenvalue weighted by molar-refractivity contribution is 8.01. The maximum atomic E-state index is 12.6. The van der Waals surface area contributed by atoms with Crippen LogP contribution in [-0.2, 0) is 9.53 Å². The van der Waals surface area contributed by atoms with Crippen LogP contribution in [0.1, 0.15) is 16.1 Å². The minimum Gasteiger partial charge on any atom is -0.452 e. The third-order valence-electron chi connectivity index (χ3n) is 3.90. The average molecular weight is 474 g/mol. The summed E-state index contributed by atoms with van der Waals surface area (Å²) >= 11 is 2.48. The number of hydrogen-bond donors (Lipinski definition) is 1. The van der Waals surface area contributed by atoms with Crippen molar-refractivity contribution in [2.45, 2.75) is 16.2 Å². The zero-order valence-corrected chi connectivity index (χ0v) is 18.0. The lowest BCUT2D eigenvalue weighted by Crippen LogP contribution is -2.21. The molecule has 3 aromatic rings. The Labute approximate surface area is 188 Å². The zero-order valence-electron chi connectivity index (χ0n) is 16.3. The molecule has 0 aliphatic carbocycles. The topological polar surface area (TPSA) is 155 Å². The molecular weight excluding hydrogens is 460 g/mol. The number of nitrogens with one attached hydrogen (secondary N) is 1. The summed E-state index contributed by atoms with van der Waals surface area (Å²) in [5, 5.41) is 26.3. The summed E-state index contributed by atoms with van der Waals surface area (Å²) in [5.41, 5.74) is -0.000638. The van der Waals surface area contributed by atoms with Gasteiger partial charge in [-0.3, -0.25) is 25.0 Å². The number of thiazole rings is 1. The second-order valence-electron chi connectivity index (χ2n) is 6.19. The van der Waals surface area contributed by atoms with Crippen molar-refractivity contribution < 1.29 is 24.2 Å². The molecule has 0 bridgehead atoms. The quantitative estimate of drug-likeness (QED) is 0.287. The van der Waals surface area contributed by atoms with Gasteiger partial charge in [0.2, 0.25) is 0 Å². The minimum atomic E-state index is -0.956. The van der Waals surface area contributed by atoms with Crippen LogP contribution < -0.4 is 5.32 Å². The molecule has 0 aliphatic heterocycles. The number of benzene rings is 2. The molecule has 11 nitrogen and oxygen atoms in total. The van der Waals surface area contributed by atoms with Gasteiger partial charge in [-0.05, 0) is 19.1 Å². The summed E-state index contributed by atoms with van der Waals surface area (Å²) in [6.45, 7) is 1.06. The lowest BCUT2D eigenvalue weighted by atomic mass is 10.2. The third-order valence-corrected chi connectivity index (χ3v) is 6.03. The lowest BCUT2D eigenvalue weighted by Gasteiger charge is -2.09. The molecule has 3 rings (SSSR count). The molecule has 1 N–H and O–H groups in total. The second-order valence-corrected chi connectivity index (χ2v) is 8.34. The lowest BCUT2D eigenvalue weighted by molar-refractivity contribution is -0.385. The number of amides is 1. The highest BCUT2D eigenvalue weighted by Gasteiger charge is 2.21. The Morgan fingerprint density at radius 2 is 1.91 bits per heavy atom. The molecule has 0 saturated heterocycles. The number of non-ortho nitro benzene ring substituents is 1. The van der Waals surface area contributed by atoms with Crippen LogP contribution in [0.25, 0.3) is 0 Å². The first kappa shape index (κ1) is 22.8. The largest absolute Gasteiger partial charge is 0.452 e. The van der Waals surface area contributed by atoms with Crippen LogP contribution in [0.2, 0.25) is 0 Å². The first-order valence-corrected chi connectivity index (χ1v) is 10.5. The SMILES string of the molecule is Cc1csc(Sc2ccc([N+](=O)[O-])cc2C(=O)OCC(=O)Nc2ccccc2[N+](=O)[O-])n1. The van der Waals surface area contributed by atoms with E-state index in [0.717, 1.165) is 23.5 Å². The van der Waals surface area contributed by atoms with Crippen molar-refractivity contribution in [3.63, 3.8) is 0 Å². The van der Waals surface area contributed by atoms with Crippen LogP contribution >= 0.6 is 23.1 Å². The van der Waals surface area contributed by atoms with Crippen molar-refractivity contribution in [2.75, 3.05) is 11.9 Å². The van der Waals surface area contributed by atoms with Crippen LogP contribution in [0.4, 0.5) is 17.1 Å². The summed E-state index contributed by atoms with van der Waals surface area (Å²) in [5.74, 6) is -1.76. The van der Waals surface area contributed by atoms with E-state index in [-0.39, 0.29) is 22.6 Å². The summed E-state index contributed by atoms with van der Waals surface area (Å²) in [4.78, 5) is 50.3. The predicted molar refractivity (Wildman–Crippen MR) is 116 cm³/mol. The summed E-state index contributed by atoms with van der Waals surface area (Å²) < 4.78 is 5.63. The maximum absolute atomic E-state index is 12.6. The van der Waals surface area contributed by atoms with Gasteiger partial charge in [0.15, 0.2) is 10.9 Å². The van der Waals surface area contributed by atoms with Gasteiger partial charge in [-0.25, -0.2) is 9.78 Å². The normalized spacial score (nSPS) is 10.4. The number of carbonyl (C=O) groups is 2. The van der Waals surface area contributed by atoms with Crippen molar-refractivity contribution in [3.05, 3.63) is 79.3 Å². The molecule has 0 radical (unpaired) electrons. The van der Waals surface area contributed by atoms with E-state index in [1.54, 1.807) is 6.92 Å². The Kier molecular flexibility index (Phi) is 7.12. The molecule has 0 atom stereocenters. The van der Waals surface area contributed by atoms with Crippen molar-refractivity contribution in [2.24, 2.45) is 0 Å². The third kappa shape index (κ3) is 5.65. The van der Waals surface area contributed by atoms with Gasteiger partial charge < -0.3 is 10.1 Å². The van der Waals surface area contributed by atoms with Gasteiger partial charge in [0.05, 0.1) is 15.4 Å². The van der Waals surface area contributed by atoms with E-state index < -0.39 is 28.3 Å². The summed E-state index contributed by atoms with van der Waals surface area (Å²) in [6, 6.07) is 9.22. The molecule has 164 valence electrons. The molecule has 0 aliphatic rings. The minimum absolute atomic E-state index is 0.0516. The van der Waals surface area contributed by atoms with Crippen LogP contribution in [0.5, 0.6) is 0 Å². The highest BCUT2D eigenvalue weighted by atomic mass is 32.2. The molecule has 1 aromatic heterocycles. The highest BCUT2D eigenvalue weighted by Crippen LogP contribution is 2.34. The van der Waals surface area contributed by atoms with E-state index in [2.05, 4.69) is 10.3 Å². The van der Waals surface area contributed by atoms with Crippen LogP contribution in [0.15, 0.2) is 57.1 Å². The van der Waals surface area contributed by atoms with E-state index in [4.69, 9.17) is 4.74 Å². The molecule has 0 saturated carbocycles. The number of hydrogen-bond acceptors (Lipinski definition) is 10. The van der Waals surface area contributed by atoms with Gasteiger partial charge in [-0.15, -0.1) is 11.3 Å². The molecule has 0 spiro atoms. The van der Waals surface area contributed by atoms with Gasteiger partial charge in [0.25, 0.3) is 17.3 Å². The fraction of sp³-hybridized carbons (Fsp3) is 0.105. The van der Waals surface area contributed by atoms with E-state index in [9.17, 15) is 29.8 Å². The van der Waals surface area contributed by atoms with Crippen LogP contribution in [0, 0.1) is 27.2 Å². The fourth-order valence-electron chi connectivity index (χ4n) is 2.49. The van der Waals surface area contributed by atoms with Crippen molar-refractivity contribution in [3.8, 4) is 0 Å². The number of anilines is 1. The zero-order chi connectivity index (χ0) is 23.3. The molecule has 1 heterocycles. The summed E-state index contributed by atoms with van der Waals surface area (Å²) in [7, 11) is 0. The number of carbonyl (C=O) groups excluding carboxylic acids is 2. The number of esters is 1. The Balaban J connectivity index is 1.74. The van der Waals surface area contributed by atoms with Gasteiger partial charge >= 0.3 is 5.97 Å². The number of nitro benzene ring substituents is 2. The molecule has 0 unspecified atom stereocenters. The first-order valence-electron chi connectivity index (χ1n) is 8.83. The molecule has 1 amide bonds.